The number of rotatable bonds is 6. The van der Waals surface area contributed by atoms with E-state index < -0.39 is 6.10 Å². The van der Waals surface area contributed by atoms with Crippen LogP contribution in [0.5, 0.6) is 11.5 Å². The van der Waals surface area contributed by atoms with Gasteiger partial charge in [-0.2, -0.15) is 0 Å². The minimum Gasteiger partial charge on any atom is -0.496 e. The average Bonchev–Trinajstić information content (AvgIpc) is 2.67. The zero-order valence-electron chi connectivity index (χ0n) is 15.8. The van der Waals surface area contributed by atoms with Crippen molar-refractivity contribution in [1.29, 1.82) is 0 Å². The summed E-state index contributed by atoms with van der Waals surface area (Å²) >= 11 is 0. The van der Waals surface area contributed by atoms with E-state index >= 15 is 0 Å². The molecule has 0 spiro atoms. The van der Waals surface area contributed by atoms with Gasteiger partial charge in [0.05, 0.1) is 7.11 Å². The Bertz CT molecular complexity index is 772. The predicted octanol–water partition coefficient (Wildman–Crippen LogP) is 4.00. The van der Waals surface area contributed by atoms with Gasteiger partial charge in [0.25, 0.3) is 5.91 Å². The SMILES string of the molecule is COc1ccccc1CN(C)C(=O)[C@@H](C)Oc1ccc2c(c1)CCCC2. The number of para-hydroxylation sites is 1. The van der Waals surface area contributed by atoms with Crippen LogP contribution in [0.2, 0.25) is 0 Å². The molecule has 1 amide bonds. The molecular formula is C22H27NO3. The molecule has 2 aromatic carbocycles. The number of ether oxygens (including phenoxy) is 2. The topological polar surface area (TPSA) is 38.8 Å². The first-order valence-electron chi connectivity index (χ1n) is 9.24. The van der Waals surface area contributed by atoms with Gasteiger partial charge >= 0.3 is 0 Å². The van der Waals surface area contributed by atoms with E-state index in [2.05, 4.69) is 12.1 Å². The number of likely N-dealkylation sites (N-methyl/N-ethyl adjacent to an activating group) is 1. The number of amides is 1. The Morgan fingerprint density at radius 2 is 1.85 bits per heavy atom. The van der Waals surface area contributed by atoms with Gasteiger partial charge in [-0.1, -0.05) is 24.3 Å². The van der Waals surface area contributed by atoms with Crippen LogP contribution >= 0.6 is 0 Å². The highest BCUT2D eigenvalue weighted by Crippen LogP contribution is 2.26. The summed E-state index contributed by atoms with van der Waals surface area (Å²) in [5, 5.41) is 0. The molecule has 1 aliphatic rings. The van der Waals surface area contributed by atoms with Gasteiger partial charge in [0, 0.05) is 19.2 Å². The van der Waals surface area contributed by atoms with Crippen LogP contribution in [0.25, 0.3) is 0 Å². The number of hydrogen-bond donors (Lipinski definition) is 0. The third-order valence-corrected chi connectivity index (χ3v) is 4.96. The highest BCUT2D eigenvalue weighted by Gasteiger charge is 2.21. The minimum absolute atomic E-state index is 0.0476. The number of hydrogen-bond acceptors (Lipinski definition) is 3. The summed E-state index contributed by atoms with van der Waals surface area (Å²) in [4.78, 5) is 14.4. The molecule has 0 saturated heterocycles. The second kappa shape index (κ2) is 8.26. The van der Waals surface area contributed by atoms with Crippen molar-refractivity contribution in [2.45, 2.75) is 45.3 Å². The third kappa shape index (κ3) is 4.18. The number of carbonyl (C=O) groups excluding carboxylic acids is 1. The van der Waals surface area contributed by atoms with Gasteiger partial charge in [0.1, 0.15) is 11.5 Å². The van der Waals surface area contributed by atoms with Crippen LogP contribution in [0.1, 0.15) is 36.5 Å². The third-order valence-electron chi connectivity index (χ3n) is 4.96. The van der Waals surface area contributed by atoms with Gasteiger partial charge in [-0.3, -0.25) is 4.79 Å². The predicted molar refractivity (Wildman–Crippen MR) is 103 cm³/mol. The summed E-state index contributed by atoms with van der Waals surface area (Å²) in [6, 6.07) is 14.0. The molecule has 0 bridgehead atoms. The molecule has 0 heterocycles. The number of nitrogens with zero attached hydrogens (tertiary/aromatic N) is 1. The van der Waals surface area contributed by atoms with Crippen molar-refractivity contribution in [3.63, 3.8) is 0 Å². The maximum Gasteiger partial charge on any atom is 0.263 e. The van der Waals surface area contributed by atoms with Crippen LogP contribution in [0, 0.1) is 0 Å². The lowest BCUT2D eigenvalue weighted by molar-refractivity contribution is -0.137. The molecule has 0 unspecified atom stereocenters. The zero-order chi connectivity index (χ0) is 18.5. The average molecular weight is 353 g/mol. The molecule has 26 heavy (non-hydrogen) atoms. The van der Waals surface area contributed by atoms with Crippen molar-refractivity contribution in [1.82, 2.24) is 4.90 Å². The Kier molecular flexibility index (Phi) is 5.82. The van der Waals surface area contributed by atoms with Crippen molar-refractivity contribution in [2.24, 2.45) is 0 Å². The van der Waals surface area contributed by atoms with Gasteiger partial charge in [0.15, 0.2) is 6.10 Å². The Labute approximate surface area is 155 Å². The number of carbonyl (C=O) groups is 1. The second-order valence-electron chi connectivity index (χ2n) is 6.90. The largest absolute Gasteiger partial charge is 0.496 e. The van der Waals surface area contributed by atoms with E-state index in [1.165, 1.54) is 24.0 Å². The highest BCUT2D eigenvalue weighted by atomic mass is 16.5. The first-order chi connectivity index (χ1) is 12.6. The maximum atomic E-state index is 12.7. The van der Waals surface area contributed by atoms with Gasteiger partial charge in [-0.15, -0.1) is 0 Å². The summed E-state index contributed by atoms with van der Waals surface area (Å²) in [7, 11) is 3.43. The number of benzene rings is 2. The van der Waals surface area contributed by atoms with E-state index in [-0.39, 0.29) is 5.91 Å². The van der Waals surface area contributed by atoms with Crippen LogP contribution in [0.15, 0.2) is 42.5 Å². The molecule has 0 N–H and O–H groups in total. The highest BCUT2D eigenvalue weighted by molar-refractivity contribution is 5.80. The lowest BCUT2D eigenvalue weighted by Crippen LogP contribution is -2.37. The maximum absolute atomic E-state index is 12.7. The Morgan fingerprint density at radius 1 is 1.12 bits per heavy atom. The molecule has 3 rings (SSSR count). The van der Waals surface area contributed by atoms with Crippen molar-refractivity contribution in [3.05, 3.63) is 59.2 Å². The van der Waals surface area contributed by atoms with Gasteiger partial charge < -0.3 is 14.4 Å². The summed E-state index contributed by atoms with van der Waals surface area (Å²) in [5.41, 5.74) is 3.75. The van der Waals surface area contributed by atoms with Crippen molar-refractivity contribution in [2.75, 3.05) is 14.2 Å². The first-order valence-corrected chi connectivity index (χ1v) is 9.24. The van der Waals surface area contributed by atoms with Crippen LogP contribution in [-0.4, -0.2) is 31.1 Å². The molecule has 2 aromatic rings. The van der Waals surface area contributed by atoms with Crippen LogP contribution in [-0.2, 0) is 24.2 Å². The summed E-state index contributed by atoms with van der Waals surface area (Å²) in [6.07, 6.45) is 4.20. The van der Waals surface area contributed by atoms with Gasteiger partial charge in [-0.25, -0.2) is 0 Å². The van der Waals surface area contributed by atoms with E-state index in [0.29, 0.717) is 6.54 Å². The molecular weight excluding hydrogens is 326 g/mol. The van der Waals surface area contributed by atoms with E-state index in [0.717, 1.165) is 29.9 Å². The molecule has 0 aliphatic heterocycles. The summed E-state index contributed by atoms with van der Waals surface area (Å²) in [5.74, 6) is 1.52. The standard InChI is InChI=1S/C22H27NO3/c1-16(26-20-13-12-17-8-4-5-9-18(17)14-20)22(24)23(2)15-19-10-6-7-11-21(19)25-3/h6-7,10-14,16H,4-5,8-9,15H2,1-3H3/t16-/m1/s1. The van der Waals surface area contributed by atoms with E-state index in [9.17, 15) is 4.79 Å². The molecule has 1 atom stereocenters. The second-order valence-corrected chi connectivity index (χ2v) is 6.90. The molecule has 0 saturated carbocycles. The van der Waals surface area contributed by atoms with Crippen molar-refractivity contribution in [3.8, 4) is 11.5 Å². The molecule has 4 heteroatoms. The summed E-state index contributed by atoms with van der Waals surface area (Å²) in [6.45, 7) is 2.29. The lowest BCUT2D eigenvalue weighted by atomic mass is 9.92. The van der Waals surface area contributed by atoms with Crippen LogP contribution < -0.4 is 9.47 Å². The smallest absolute Gasteiger partial charge is 0.263 e. The normalized spacial score (nSPS) is 14.3. The Balaban J connectivity index is 1.63. The van der Waals surface area contributed by atoms with E-state index in [1.54, 1.807) is 26.0 Å². The quantitative estimate of drug-likeness (QED) is 0.788. The number of aryl methyl sites for hydroxylation is 2. The summed E-state index contributed by atoms with van der Waals surface area (Å²) < 4.78 is 11.3. The Morgan fingerprint density at radius 3 is 2.62 bits per heavy atom. The minimum atomic E-state index is -0.531. The van der Waals surface area contributed by atoms with Gasteiger partial charge in [0.2, 0.25) is 0 Å². The Hall–Kier alpha value is -2.49. The van der Waals surface area contributed by atoms with E-state index in [4.69, 9.17) is 9.47 Å². The van der Waals surface area contributed by atoms with E-state index in [1.807, 2.05) is 30.3 Å². The van der Waals surface area contributed by atoms with Crippen molar-refractivity contribution >= 4 is 5.91 Å². The first kappa shape index (κ1) is 18.3. The fourth-order valence-electron chi connectivity index (χ4n) is 3.52. The molecule has 4 nitrogen and oxygen atoms in total. The lowest BCUT2D eigenvalue weighted by Gasteiger charge is -2.24. The fourth-order valence-corrected chi connectivity index (χ4v) is 3.52. The fraction of sp³-hybridized carbons (Fsp3) is 0.409. The van der Waals surface area contributed by atoms with Crippen molar-refractivity contribution < 1.29 is 14.3 Å². The molecule has 0 aromatic heterocycles. The van der Waals surface area contributed by atoms with Crippen LogP contribution in [0.3, 0.4) is 0 Å². The number of fused-ring (bicyclic) bond motifs is 1. The van der Waals surface area contributed by atoms with Crippen LogP contribution in [0.4, 0.5) is 0 Å². The monoisotopic (exact) mass is 353 g/mol. The zero-order valence-corrected chi connectivity index (χ0v) is 15.8. The molecule has 138 valence electrons. The molecule has 0 radical (unpaired) electrons. The molecule has 0 fully saturated rings. The molecule has 1 aliphatic carbocycles. The number of methoxy groups -OCH3 is 1. The van der Waals surface area contributed by atoms with Gasteiger partial charge in [-0.05, 0) is 61.9 Å².